The molecule has 3 amide bonds. The van der Waals surface area contributed by atoms with E-state index in [2.05, 4.69) is 54.5 Å². The molecule has 0 unspecified atom stereocenters. The first-order chi connectivity index (χ1) is 21.8. The number of anilines is 2. The molecule has 2 aliphatic rings. The highest BCUT2D eigenvalue weighted by Crippen LogP contribution is 2.34. The Morgan fingerprint density at radius 2 is 1.49 bits per heavy atom. The summed E-state index contributed by atoms with van der Waals surface area (Å²) in [6, 6.07) is 21.4. The molecule has 4 aromatic rings. The second-order valence-corrected chi connectivity index (χ2v) is 12.6. The van der Waals surface area contributed by atoms with Crippen LogP contribution in [0.4, 0.5) is 16.2 Å². The lowest BCUT2D eigenvalue weighted by molar-refractivity contribution is 0.0303. The first-order valence-corrected chi connectivity index (χ1v) is 15.6. The summed E-state index contributed by atoms with van der Waals surface area (Å²) in [5.74, 6) is -0.117. The van der Waals surface area contributed by atoms with E-state index in [1.165, 1.54) is 0 Å². The van der Waals surface area contributed by atoms with Crippen molar-refractivity contribution in [2.24, 2.45) is 0 Å². The number of morpholine rings is 2. The van der Waals surface area contributed by atoms with Crippen LogP contribution >= 0.6 is 0 Å². The fourth-order valence-corrected chi connectivity index (χ4v) is 5.84. The largest absolute Gasteiger partial charge is 0.379 e. The van der Waals surface area contributed by atoms with E-state index >= 15 is 0 Å². The molecule has 6 rings (SSSR count). The molecule has 3 heterocycles. The zero-order valence-corrected chi connectivity index (χ0v) is 26.3. The third kappa shape index (κ3) is 7.17. The summed E-state index contributed by atoms with van der Waals surface area (Å²) in [7, 11) is 0. The molecule has 1 aromatic heterocycles. The maximum Gasteiger partial charge on any atom is 0.323 e. The monoisotopic (exact) mass is 607 g/mol. The van der Waals surface area contributed by atoms with Gasteiger partial charge in [-0.3, -0.25) is 14.7 Å². The third-order valence-electron chi connectivity index (χ3n) is 8.46. The zero-order valence-electron chi connectivity index (χ0n) is 26.3. The van der Waals surface area contributed by atoms with E-state index < -0.39 is 6.03 Å². The first-order valence-electron chi connectivity index (χ1n) is 15.6. The summed E-state index contributed by atoms with van der Waals surface area (Å²) in [4.78, 5) is 35.9. The minimum absolute atomic E-state index is 0.117. The highest BCUT2D eigenvalue weighted by Gasteiger charge is 2.24. The standard InChI is InChI=1S/C36H41N5O4/c1-36(2,3)26-9-11-31(34(42)41-16-20-45-21-17-41)33(22-26)39-35(43)38-32-13-12-28(29-6-4-5-7-30(29)32)25-8-10-27(37-23-25)24-40-14-18-44-19-15-40/h4-13,22-23H,14-21,24H2,1-3H3,(H2,38,39,43). The number of urea groups is 1. The van der Waals surface area contributed by atoms with Crippen LogP contribution in [0.2, 0.25) is 0 Å². The third-order valence-corrected chi connectivity index (χ3v) is 8.46. The van der Waals surface area contributed by atoms with E-state index in [-0.39, 0.29) is 11.3 Å². The van der Waals surface area contributed by atoms with E-state index in [0.717, 1.165) is 66.0 Å². The number of benzene rings is 3. The van der Waals surface area contributed by atoms with E-state index in [0.29, 0.717) is 43.2 Å². The van der Waals surface area contributed by atoms with E-state index in [4.69, 9.17) is 14.5 Å². The number of nitrogens with one attached hydrogen (secondary N) is 2. The van der Waals surface area contributed by atoms with Crippen LogP contribution in [0, 0.1) is 0 Å². The molecule has 0 atom stereocenters. The number of hydrogen-bond acceptors (Lipinski definition) is 6. The summed E-state index contributed by atoms with van der Waals surface area (Å²) in [5.41, 5.74) is 5.57. The number of carbonyl (C=O) groups excluding carboxylic acids is 2. The van der Waals surface area contributed by atoms with Crippen LogP contribution in [0.5, 0.6) is 0 Å². The Kier molecular flexibility index (Phi) is 9.11. The summed E-state index contributed by atoms with van der Waals surface area (Å²) in [6.07, 6.45) is 1.92. The predicted molar refractivity (Wildman–Crippen MR) is 178 cm³/mol. The Hall–Kier alpha value is -4.31. The van der Waals surface area contributed by atoms with Crippen molar-refractivity contribution in [3.63, 3.8) is 0 Å². The predicted octanol–water partition coefficient (Wildman–Crippen LogP) is 6.15. The molecule has 45 heavy (non-hydrogen) atoms. The molecule has 0 saturated carbocycles. The van der Waals surface area contributed by atoms with Gasteiger partial charge in [0.25, 0.3) is 5.91 Å². The smallest absolute Gasteiger partial charge is 0.323 e. The Morgan fingerprint density at radius 1 is 0.800 bits per heavy atom. The van der Waals surface area contributed by atoms with Crippen LogP contribution in [0.1, 0.15) is 42.4 Å². The molecule has 9 nitrogen and oxygen atoms in total. The molecule has 0 bridgehead atoms. The molecule has 2 aliphatic heterocycles. The lowest BCUT2D eigenvalue weighted by atomic mass is 9.86. The molecule has 9 heteroatoms. The quantitative estimate of drug-likeness (QED) is 0.273. The number of aromatic nitrogens is 1. The van der Waals surface area contributed by atoms with Crippen molar-refractivity contribution in [2.75, 3.05) is 63.2 Å². The highest BCUT2D eigenvalue weighted by atomic mass is 16.5. The lowest BCUT2D eigenvalue weighted by Gasteiger charge is -2.28. The topological polar surface area (TPSA) is 96.0 Å². The van der Waals surface area contributed by atoms with Gasteiger partial charge in [0.2, 0.25) is 0 Å². The normalized spacial score (nSPS) is 16.0. The van der Waals surface area contributed by atoms with Gasteiger partial charge in [-0.05, 0) is 46.2 Å². The van der Waals surface area contributed by atoms with Crippen molar-refractivity contribution >= 4 is 34.1 Å². The Bertz CT molecular complexity index is 1670. The van der Waals surface area contributed by atoms with Gasteiger partial charge in [-0.25, -0.2) is 4.79 Å². The molecule has 0 radical (unpaired) electrons. The second kappa shape index (κ2) is 13.4. The van der Waals surface area contributed by atoms with E-state index in [9.17, 15) is 9.59 Å². The van der Waals surface area contributed by atoms with Gasteiger partial charge in [0.05, 0.1) is 49.1 Å². The number of amides is 3. The fourth-order valence-electron chi connectivity index (χ4n) is 5.84. The average molecular weight is 608 g/mol. The maximum atomic E-state index is 13.5. The van der Waals surface area contributed by atoms with E-state index in [1.54, 1.807) is 4.90 Å². The Morgan fingerprint density at radius 3 is 2.18 bits per heavy atom. The fraction of sp³-hybridized carbons (Fsp3) is 0.361. The van der Waals surface area contributed by atoms with Gasteiger partial charge >= 0.3 is 6.03 Å². The maximum absolute atomic E-state index is 13.5. The van der Waals surface area contributed by atoms with Crippen molar-refractivity contribution < 1.29 is 19.1 Å². The van der Waals surface area contributed by atoms with E-state index in [1.807, 2.05) is 54.7 Å². The number of rotatable bonds is 6. The molecule has 0 aliphatic carbocycles. The van der Waals surface area contributed by atoms with Crippen molar-refractivity contribution in [3.8, 4) is 11.1 Å². The number of pyridine rings is 1. The van der Waals surface area contributed by atoms with Crippen molar-refractivity contribution in [3.05, 3.63) is 89.7 Å². The molecule has 2 saturated heterocycles. The number of hydrogen-bond donors (Lipinski definition) is 2. The molecule has 234 valence electrons. The van der Waals surface area contributed by atoms with Crippen molar-refractivity contribution in [1.82, 2.24) is 14.8 Å². The molecular formula is C36H41N5O4. The molecule has 3 aromatic carbocycles. The SMILES string of the molecule is CC(C)(C)c1ccc(C(=O)N2CCOCC2)c(NC(=O)Nc2ccc(-c3ccc(CN4CCOCC4)nc3)c3ccccc23)c1. The zero-order chi connectivity index (χ0) is 31.4. The van der Waals surface area contributed by atoms with Crippen LogP contribution in [0.15, 0.2) is 72.9 Å². The van der Waals surface area contributed by atoms with Crippen LogP contribution in [0.25, 0.3) is 21.9 Å². The highest BCUT2D eigenvalue weighted by molar-refractivity contribution is 6.11. The number of fused-ring (bicyclic) bond motifs is 1. The van der Waals surface area contributed by atoms with Gasteiger partial charge in [0.1, 0.15) is 0 Å². The minimum Gasteiger partial charge on any atom is -0.379 e. The first kappa shape index (κ1) is 30.7. The van der Waals surface area contributed by atoms with Gasteiger partial charge in [0, 0.05) is 49.9 Å². The Balaban J connectivity index is 1.23. The summed E-state index contributed by atoms with van der Waals surface area (Å²) >= 11 is 0. The van der Waals surface area contributed by atoms with Gasteiger partial charge in [-0.2, -0.15) is 0 Å². The number of carbonyl (C=O) groups is 2. The summed E-state index contributed by atoms with van der Waals surface area (Å²) in [5, 5.41) is 7.96. The van der Waals surface area contributed by atoms with Crippen LogP contribution in [-0.2, 0) is 21.4 Å². The number of nitrogens with zero attached hydrogens (tertiary/aromatic N) is 3. The van der Waals surface area contributed by atoms with Crippen LogP contribution in [0.3, 0.4) is 0 Å². The molecular weight excluding hydrogens is 566 g/mol. The van der Waals surface area contributed by atoms with Gasteiger partial charge in [0.15, 0.2) is 0 Å². The average Bonchev–Trinajstić information content (AvgIpc) is 3.05. The van der Waals surface area contributed by atoms with Crippen LogP contribution < -0.4 is 10.6 Å². The molecule has 0 spiro atoms. The van der Waals surface area contributed by atoms with Crippen LogP contribution in [-0.4, -0.2) is 79.3 Å². The number of ether oxygens (including phenoxy) is 2. The lowest BCUT2D eigenvalue weighted by Crippen LogP contribution is -2.41. The van der Waals surface area contributed by atoms with Crippen molar-refractivity contribution in [2.45, 2.75) is 32.7 Å². The Labute approximate surface area is 264 Å². The second-order valence-electron chi connectivity index (χ2n) is 12.6. The van der Waals surface area contributed by atoms with Crippen molar-refractivity contribution in [1.29, 1.82) is 0 Å². The molecule has 2 N–H and O–H groups in total. The molecule has 2 fully saturated rings. The van der Waals surface area contributed by atoms with Gasteiger partial charge in [-0.15, -0.1) is 0 Å². The summed E-state index contributed by atoms with van der Waals surface area (Å²) < 4.78 is 10.9. The summed E-state index contributed by atoms with van der Waals surface area (Å²) in [6.45, 7) is 12.6. The minimum atomic E-state index is -0.413. The van der Waals surface area contributed by atoms with Gasteiger partial charge < -0.3 is 25.0 Å². The van der Waals surface area contributed by atoms with Gasteiger partial charge in [-0.1, -0.05) is 63.2 Å².